The van der Waals surface area contributed by atoms with Gasteiger partial charge in [0.1, 0.15) is 22.6 Å². The van der Waals surface area contributed by atoms with Gasteiger partial charge in [-0.25, -0.2) is 9.78 Å². The predicted molar refractivity (Wildman–Crippen MR) is 145 cm³/mol. The Morgan fingerprint density at radius 3 is 2.65 bits per heavy atom. The minimum absolute atomic E-state index is 0.129. The number of esters is 1. The van der Waals surface area contributed by atoms with Gasteiger partial charge < -0.3 is 18.9 Å². The molecule has 0 aliphatic rings. The van der Waals surface area contributed by atoms with Crippen LogP contribution in [0.5, 0.6) is 0 Å². The molecule has 0 radical (unpaired) electrons. The first-order valence-electron chi connectivity index (χ1n) is 12.2. The molecule has 0 fully saturated rings. The van der Waals surface area contributed by atoms with E-state index in [1.54, 1.807) is 18.3 Å². The average molecular weight is 496 g/mol. The molecule has 0 saturated heterocycles. The standard InChI is InChI=1S/C30H29N3O4/c1-18-15-22(19(2)32-24-11-7-6-9-20(24)29(35)37-30(3,4)5)27-23(16-18)25(34)17-26(36-27)21-10-8-13-33-14-12-31-28(21)33/h6-17,19,32H,1-5H3. The van der Waals surface area contributed by atoms with Crippen LogP contribution in [-0.4, -0.2) is 21.0 Å². The summed E-state index contributed by atoms with van der Waals surface area (Å²) in [6.07, 6.45) is 5.45. The zero-order valence-electron chi connectivity index (χ0n) is 21.5. The lowest BCUT2D eigenvalue weighted by Crippen LogP contribution is -2.24. The third-order valence-corrected chi connectivity index (χ3v) is 6.07. The van der Waals surface area contributed by atoms with E-state index in [-0.39, 0.29) is 11.5 Å². The molecule has 2 aromatic carbocycles. The first kappa shape index (κ1) is 24.3. The van der Waals surface area contributed by atoms with E-state index >= 15 is 0 Å². The molecule has 0 spiro atoms. The van der Waals surface area contributed by atoms with E-state index in [0.29, 0.717) is 33.6 Å². The van der Waals surface area contributed by atoms with Gasteiger partial charge in [-0.05, 0) is 70.5 Å². The van der Waals surface area contributed by atoms with Crippen molar-refractivity contribution >= 4 is 28.3 Å². The highest BCUT2D eigenvalue weighted by molar-refractivity contribution is 5.96. The summed E-state index contributed by atoms with van der Waals surface area (Å²) in [6, 6.07) is 16.1. The predicted octanol–water partition coefficient (Wildman–Crippen LogP) is 6.54. The summed E-state index contributed by atoms with van der Waals surface area (Å²) in [5.74, 6) is 0.0410. The van der Waals surface area contributed by atoms with Gasteiger partial charge in [0.25, 0.3) is 0 Å². The number of ether oxygens (including phenoxy) is 1. The number of nitrogens with one attached hydrogen (secondary N) is 1. The van der Waals surface area contributed by atoms with Gasteiger partial charge in [0.2, 0.25) is 0 Å². The molecule has 5 aromatic rings. The number of benzene rings is 2. The molecule has 0 amide bonds. The van der Waals surface area contributed by atoms with Gasteiger partial charge in [-0.1, -0.05) is 18.2 Å². The van der Waals surface area contributed by atoms with E-state index in [1.807, 2.05) is 87.8 Å². The van der Waals surface area contributed by atoms with Gasteiger partial charge >= 0.3 is 5.97 Å². The summed E-state index contributed by atoms with van der Waals surface area (Å²) >= 11 is 0. The number of fused-ring (bicyclic) bond motifs is 2. The van der Waals surface area contributed by atoms with Gasteiger partial charge in [0, 0.05) is 35.9 Å². The zero-order chi connectivity index (χ0) is 26.3. The second-order valence-corrected chi connectivity index (χ2v) is 10.2. The van der Waals surface area contributed by atoms with Crippen LogP contribution < -0.4 is 10.7 Å². The van der Waals surface area contributed by atoms with E-state index in [2.05, 4.69) is 10.3 Å². The smallest absolute Gasteiger partial charge is 0.340 e. The fraction of sp³-hybridized carbons (Fsp3) is 0.233. The highest BCUT2D eigenvalue weighted by atomic mass is 16.6. The van der Waals surface area contributed by atoms with Gasteiger partial charge in [-0.15, -0.1) is 0 Å². The molecule has 1 N–H and O–H groups in total. The largest absolute Gasteiger partial charge is 0.456 e. The normalized spacial score (nSPS) is 12.6. The molecular weight excluding hydrogens is 466 g/mol. The Hall–Kier alpha value is -4.39. The SMILES string of the molecule is Cc1cc(C(C)Nc2ccccc2C(=O)OC(C)(C)C)c2oc(-c3cccn4ccnc34)cc(=O)c2c1. The quantitative estimate of drug-likeness (QED) is 0.279. The fourth-order valence-corrected chi connectivity index (χ4v) is 4.46. The van der Waals surface area contributed by atoms with Crippen LogP contribution in [0.4, 0.5) is 5.69 Å². The van der Waals surface area contributed by atoms with Crippen molar-refractivity contribution in [1.82, 2.24) is 9.38 Å². The number of pyridine rings is 1. The molecule has 3 aromatic heterocycles. The van der Waals surface area contributed by atoms with Crippen LogP contribution in [0.1, 0.15) is 55.2 Å². The van der Waals surface area contributed by atoms with E-state index in [0.717, 1.165) is 16.7 Å². The molecule has 0 aliphatic carbocycles. The van der Waals surface area contributed by atoms with Crippen LogP contribution in [-0.2, 0) is 4.74 Å². The van der Waals surface area contributed by atoms with Crippen LogP contribution >= 0.6 is 0 Å². The molecule has 37 heavy (non-hydrogen) atoms. The summed E-state index contributed by atoms with van der Waals surface area (Å²) in [7, 11) is 0. The number of aryl methyl sites for hydroxylation is 1. The molecule has 0 saturated carbocycles. The Morgan fingerprint density at radius 2 is 1.86 bits per heavy atom. The lowest BCUT2D eigenvalue weighted by molar-refractivity contribution is 0.00706. The number of carbonyl (C=O) groups is 1. The van der Waals surface area contributed by atoms with Gasteiger partial charge in [-0.2, -0.15) is 0 Å². The minimum Gasteiger partial charge on any atom is -0.456 e. The second-order valence-electron chi connectivity index (χ2n) is 10.2. The monoisotopic (exact) mass is 495 g/mol. The number of carbonyl (C=O) groups excluding carboxylic acids is 1. The number of nitrogens with zero attached hydrogens (tertiary/aromatic N) is 2. The molecule has 7 nitrogen and oxygen atoms in total. The van der Waals surface area contributed by atoms with Crippen LogP contribution in [0, 0.1) is 6.92 Å². The first-order valence-corrected chi connectivity index (χ1v) is 12.2. The molecule has 7 heteroatoms. The molecule has 3 heterocycles. The highest BCUT2D eigenvalue weighted by Crippen LogP contribution is 2.32. The summed E-state index contributed by atoms with van der Waals surface area (Å²) in [6.45, 7) is 9.44. The topological polar surface area (TPSA) is 85.8 Å². The lowest BCUT2D eigenvalue weighted by Gasteiger charge is -2.22. The number of aromatic nitrogens is 2. The Labute approximate surface area is 214 Å². The zero-order valence-corrected chi connectivity index (χ0v) is 21.5. The number of anilines is 1. The van der Waals surface area contributed by atoms with Crippen molar-refractivity contribution in [2.75, 3.05) is 5.32 Å². The fourth-order valence-electron chi connectivity index (χ4n) is 4.46. The molecule has 1 atom stereocenters. The molecule has 0 bridgehead atoms. The van der Waals surface area contributed by atoms with E-state index in [4.69, 9.17) is 9.15 Å². The van der Waals surface area contributed by atoms with Crippen molar-refractivity contribution in [1.29, 1.82) is 0 Å². The number of hydrogen-bond acceptors (Lipinski definition) is 6. The van der Waals surface area contributed by atoms with Crippen molar-refractivity contribution in [2.24, 2.45) is 0 Å². The Kier molecular flexibility index (Phi) is 6.07. The van der Waals surface area contributed by atoms with Crippen LogP contribution in [0.15, 0.2) is 82.4 Å². The van der Waals surface area contributed by atoms with Crippen molar-refractivity contribution in [3.05, 3.63) is 100 Å². The van der Waals surface area contributed by atoms with E-state index < -0.39 is 11.6 Å². The third kappa shape index (κ3) is 4.85. The Morgan fingerprint density at radius 1 is 1.08 bits per heavy atom. The van der Waals surface area contributed by atoms with Crippen LogP contribution in [0.3, 0.4) is 0 Å². The maximum atomic E-state index is 13.2. The van der Waals surface area contributed by atoms with E-state index in [9.17, 15) is 9.59 Å². The molecule has 5 rings (SSSR count). The maximum absolute atomic E-state index is 13.2. The highest BCUT2D eigenvalue weighted by Gasteiger charge is 2.22. The van der Waals surface area contributed by atoms with Crippen LogP contribution in [0.2, 0.25) is 0 Å². The van der Waals surface area contributed by atoms with Crippen molar-refractivity contribution in [3.8, 4) is 11.3 Å². The lowest BCUT2D eigenvalue weighted by atomic mass is 10.00. The molecular formula is C30H29N3O4. The molecule has 0 aliphatic heterocycles. The first-order chi connectivity index (χ1) is 17.6. The summed E-state index contributed by atoms with van der Waals surface area (Å²) in [5.41, 5.74) is 4.02. The summed E-state index contributed by atoms with van der Waals surface area (Å²) in [4.78, 5) is 30.5. The maximum Gasteiger partial charge on any atom is 0.340 e. The van der Waals surface area contributed by atoms with Crippen LogP contribution in [0.25, 0.3) is 27.9 Å². The van der Waals surface area contributed by atoms with Crippen molar-refractivity contribution < 1.29 is 13.9 Å². The number of para-hydroxylation sites is 1. The minimum atomic E-state index is -0.611. The second kappa shape index (κ2) is 9.24. The van der Waals surface area contributed by atoms with Gasteiger partial charge in [-0.3, -0.25) is 4.79 Å². The van der Waals surface area contributed by atoms with Gasteiger partial charge in [0.05, 0.1) is 22.6 Å². The Balaban J connectivity index is 1.59. The summed E-state index contributed by atoms with van der Waals surface area (Å²) < 4.78 is 13.9. The molecule has 1 unspecified atom stereocenters. The molecule has 188 valence electrons. The Bertz CT molecular complexity index is 1690. The van der Waals surface area contributed by atoms with Gasteiger partial charge in [0.15, 0.2) is 5.43 Å². The van der Waals surface area contributed by atoms with E-state index in [1.165, 1.54) is 6.07 Å². The summed E-state index contributed by atoms with van der Waals surface area (Å²) in [5, 5.41) is 3.94. The van der Waals surface area contributed by atoms with Crippen molar-refractivity contribution in [2.45, 2.75) is 46.3 Å². The van der Waals surface area contributed by atoms with Crippen molar-refractivity contribution in [3.63, 3.8) is 0 Å². The number of imidazole rings is 1. The third-order valence-electron chi connectivity index (χ3n) is 6.07. The average Bonchev–Trinajstić information content (AvgIpc) is 3.32. The number of hydrogen-bond donors (Lipinski definition) is 1. The number of rotatable bonds is 5.